The van der Waals surface area contributed by atoms with E-state index in [1.54, 1.807) is 24.7 Å². The molecule has 10 nitrogen and oxygen atoms in total. The highest BCUT2D eigenvalue weighted by atomic mass is 35.5. The van der Waals surface area contributed by atoms with Gasteiger partial charge in [0.15, 0.2) is 11.5 Å². The fourth-order valence-electron chi connectivity index (χ4n) is 4.16. The van der Waals surface area contributed by atoms with Crippen molar-refractivity contribution < 1.29 is 9.90 Å². The second-order valence-corrected chi connectivity index (χ2v) is 8.09. The number of amides is 1. The summed E-state index contributed by atoms with van der Waals surface area (Å²) in [6, 6.07) is 3.13. The molecule has 0 saturated carbocycles. The van der Waals surface area contributed by atoms with Crippen molar-refractivity contribution in [1.29, 1.82) is 0 Å². The molecular formula is C20H21ClN8O2. The Balaban J connectivity index is 1.54. The van der Waals surface area contributed by atoms with E-state index in [0.29, 0.717) is 30.2 Å². The third kappa shape index (κ3) is 3.24. The van der Waals surface area contributed by atoms with Gasteiger partial charge in [-0.3, -0.25) is 9.89 Å². The van der Waals surface area contributed by atoms with E-state index in [1.807, 2.05) is 13.0 Å². The number of benzene rings is 1. The normalized spacial score (nSPS) is 17.5. The van der Waals surface area contributed by atoms with Crippen molar-refractivity contribution >= 4 is 45.6 Å². The highest BCUT2D eigenvalue weighted by molar-refractivity contribution is 6.36. The van der Waals surface area contributed by atoms with Gasteiger partial charge in [0.25, 0.3) is 5.91 Å². The Kier molecular flexibility index (Phi) is 4.67. The zero-order chi connectivity index (χ0) is 21.7. The first-order chi connectivity index (χ1) is 14.9. The zero-order valence-corrected chi connectivity index (χ0v) is 17.5. The Morgan fingerprint density at radius 1 is 1.48 bits per heavy atom. The average Bonchev–Trinajstić information content (AvgIpc) is 3.45. The van der Waals surface area contributed by atoms with E-state index in [9.17, 15) is 9.90 Å². The molecule has 11 heteroatoms. The zero-order valence-electron chi connectivity index (χ0n) is 16.7. The lowest BCUT2D eigenvalue weighted by Crippen LogP contribution is -2.30. The van der Waals surface area contributed by atoms with E-state index in [0.717, 1.165) is 22.2 Å². The molecule has 1 aliphatic heterocycles. The summed E-state index contributed by atoms with van der Waals surface area (Å²) in [4.78, 5) is 19.4. The fraction of sp³-hybridized carbons (Fsp3) is 0.300. The van der Waals surface area contributed by atoms with Crippen LogP contribution >= 0.6 is 11.6 Å². The summed E-state index contributed by atoms with van der Waals surface area (Å²) in [5.41, 5.74) is 9.05. The number of anilines is 2. The Bertz CT molecular complexity index is 1300. The maximum absolute atomic E-state index is 13.1. The van der Waals surface area contributed by atoms with E-state index in [4.69, 9.17) is 17.3 Å². The van der Waals surface area contributed by atoms with Crippen LogP contribution in [0.2, 0.25) is 5.02 Å². The van der Waals surface area contributed by atoms with Crippen LogP contribution in [-0.4, -0.2) is 55.0 Å². The van der Waals surface area contributed by atoms with Gasteiger partial charge in [0.1, 0.15) is 5.56 Å². The number of rotatable bonds is 4. The first kappa shape index (κ1) is 19.6. The van der Waals surface area contributed by atoms with Crippen molar-refractivity contribution in [2.45, 2.75) is 25.5 Å². The van der Waals surface area contributed by atoms with Gasteiger partial charge in [0.2, 0.25) is 0 Å². The number of aromatic nitrogens is 5. The van der Waals surface area contributed by atoms with Crippen LogP contribution in [0.25, 0.3) is 16.6 Å². The molecule has 0 aliphatic carbocycles. The van der Waals surface area contributed by atoms with Gasteiger partial charge in [0.05, 0.1) is 34.6 Å². The minimum Gasteiger partial charge on any atom is -0.391 e. The number of β-amino-alcohol motifs (C(OH)–C–C–N with tert-alkyl or cyclic N) is 1. The number of nitrogens with one attached hydrogen (secondary N) is 2. The van der Waals surface area contributed by atoms with Crippen LogP contribution in [0.5, 0.6) is 0 Å². The van der Waals surface area contributed by atoms with Gasteiger partial charge in [-0.15, -0.1) is 5.10 Å². The Hall–Kier alpha value is -3.37. The number of fused-ring (bicyclic) bond motifs is 2. The number of hydrogen-bond donors (Lipinski definition) is 4. The molecule has 5 N–H and O–H groups in total. The van der Waals surface area contributed by atoms with Crippen molar-refractivity contribution in [3.63, 3.8) is 0 Å². The Morgan fingerprint density at radius 3 is 3.10 bits per heavy atom. The van der Waals surface area contributed by atoms with Gasteiger partial charge in [0, 0.05) is 36.4 Å². The molecule has 1 aliphatic rings. The number of nitrogen functional groups attached to an aromatic ring is 1. The van der Waals surface area contributed by atoms with Crippen molar-refractivity contribution in [2.75, 3.05) is 23.7 Å². The minimum absolute atomic E-state index is 0.105. The largest absolute Gasteiger partial charge is 0.391 e. The highest BCUT2D eigenvalue weighted by Gasteiger charge is 2.29. The first-order valence-corrected chi connectivity index (χ1v) is 10.3. The number of nitrogens with zero attached hydrogens (tertiary/aromatic N) is 5. The number of hydrogen-bond acceptors (Lipinski definition) is 7. The molecule has 0 bridgehead atoms. The van der Waals surface area contributed by atoms with Crippen LogP contribution in [0.3, 0.4) is 0 Å². The van der Waals surface area contributed by atoms with E-state index in [2.05, 4.69) is 30.5 Å². The predicted molar refractivity (Wildman–Crippen MR) is 117 cm³/mol. The average molecular weight is 441 g/mol. The van der Waals surface area contributed by atoms with Crippen LogP contribution in [-0.2, 0) is 0 Å². The van der Waals surface area contributed by atoms with Gasteiger partial charge >= 0.3 is 0 Å². The molecule has 1 saturated heterocycles. The number of carbonyl (C=O) groups is 1. The molecule has 0 radical (unpaired) electrons. The van der Waals surface area contributed by atoms with Crippen LogP contribution in [0, 0.1) is 0 Å². The van der Waals surface area contributed by atoms with Gasteiger partial charge in [-0.25, -0.2) is 9.50 Å². The topological polar surface area (TPSA) is 137 Å². The molecule has 0 spiro atoms. The number of H-pyrrole nitrogens is 1. The smallest absolute Gasteiger partial charge is 0.259 e. The maximum Gasteiger partial charge on any atom is 0.259 e. The number of halogens is 1. The maximum atomic E-state index is 13.1. The quantitative estimate of drug-likeness (QED) is 0.380. The van der Waals surface area contributed by atoms with Gasteiger partial charge in [-0.1, -0.05) is 11.6 Å². The summed E-state index contributed by atoms with van der Waals surface area (Å²) in [6.07, 6.45) is 5.20. The Morgan fingerprint density at radius 2 is 2.32 bits per heavy atom. The van der Waals surface area contributed by atoms with Crippen LogP contribution < -0.4 is 16.0 Å². The standard InChI is InChI=1S/C20H21ClN8O2/c1-10(25-20(31)15-18(22)27-29-5-2-4-23-19(15)29)12-7-14(21)13-8-24-26-16(13)17(12)28-6-3-11(30)9-28/h2,4-5,7-8,10-11,30H,3,6,9H2,1H3,(H2,22,27)(H,24,26)(H,25,31). The number of aliphatic hydroxyl groups is 1. The second kappa shape index (κ2) is 7.40. The SMILES string of the molecule is CC(NC(=O)c1c(N)nn2cccnc12)c1cc(Cl)c2cn[nH]c2c1N1CCC(O)C1. The summed E-state index contributed by atoms with van der Waals surface area (Å²) in [5.74, 6) is -0.278. The molecule has 2 atom stereocenters. The molecule has 4 heterocycles. The van der Waals surface area contributed by atoms with Gasteiger partial charge < -0.3 is 21.1 Å². The van der Waals surface area contributed by atoms with Crippen molar-refractivity contribution in [1.82, 2.24) is 30.1 Å². The first-order valence-electron chi connectivity index (χ1n) is 9.92. The van der Waals surface area contributed by atoms with Gasteiger partial charge in [-0.05, 0) is 25.5 Å². The van der Waals surface area contributed by atoms with Gasteiger partial charge in [-0.2, -0.15) is 5.10 Å². The van der Waals surface area contributed by atoms with E-state index in [-0.39, 0.29) is 17.3 Å². The molecule has 1 amide bonds. The Labute approximate surface area is 182 Å². The third-order valence-corrected chi connectivity index (χ3v) is 5.94. The number of carbonyl (C=O) groups excluding carboxylic acids is 1. The van der Waals surface area contributed by atoms with Crippen molar-refractivity contribution in [3.05, 3.63) is 46.9 Å². The molecule has 160 valence electrons. The van der Waals surface area contributed by atoms with Crippen molar-refractivity contribution in [2.24, 2.45) is 0 Å². The summed E-state index contributed by atoms with van der Waals surface area (Å²) >= 11 is 6.51. The highest BCUT2D eigenvalue weighted by Crippen LogP contribution is 2.39. The second-order valence-electron chi connectivity index (χ2n) is 7.69. The number of aromatic amines is 1. The van der Waals surface area contributed by atoms with Crippen molar-refractivity contribution in [3.8, 4) is 0 Å². The molecule has 5 rings (SSSR count). The molecule has 1 aromatic carbocycles. The molecule has 1 fully saturated rings. The van der Waals surface area contributed by atoms with Crippen LogP contribution in [0.1, 0.15) is 35.3 Å². The van der Waals surface area contributed by atoms with E-state index >= 15 is 0 Å². The predicted octanol–water partition coefficient (Wildman–Crippen LogP) is 1.90. The molecule has 3 aromatic heterocycles. The summed E-state index contributed by atoms with van der Waals surface area (Å²) in [5, 5.41) is 25.7. The summed E-state index contributed by atoms with van der Waals surface area (Å²) < 4.78 is 1.47. The lowest BCUT2D eigenvalue weighted by molar-refractivity contribution is 0.0942. The monoisotopic (exact) mass is 440 g/mol. The van der Waals surface area contributed by atoms with Crippen LogP contribution in [0.4, 0.5) is 11.5 Å². The molecule has 31 heavy (non-hydrogen) atoms. The lowest BCUT2D eigenvalue weighted by atomic mass is 10.0. The third-order valence-electron chi connectivity index (χ3n) is 5.63. The summed E-state index contributed by atoms with van der Waals surface area (Å²) in [7, 11) is 0. The minimum atomic E-state index is -0.413. The lowest BCUT2D eigenvalue weighted by Gasteiger charge is -2.26. The molecular weight excluding hydrogens is 420 g/mol. The van der Waals surface area contributed by atoms with E-state index in [1.165, 1.54) is 4.52 Å². The molecule has 4 aromatic rings. The molecule has 2 unspecified atom stereocenters. The number of aliphatic hydroxyl groups excluding tert-OH is 1. The fourth-order valence-corrected chi connectivity index (χ4v) is 4.42. The number of nitrogens with two attached hydrogens (primary N) is 1. The van der Waals surface area contributed by atoms with Crippen LogP contribution in [0.15, 0.2) is 30.7 Å². The van der Waals surface area contributed by atoms with E-state index < -0.39 is 12.1 Å². The summed E-state index contributed by atoms with van der Waals surface area (Å²) in [6.45, 7) is 3.06.